The molecule has 4 rings (SSSR count). The van der Waals surface area contributed by atoms with E-state index < -0.39 is 0 Å². The van der Waals surface area contributed by atoms with Gasteiger partial charge in [-0.2, -0.15) is 9.78 Å². The van der Waals surface area contributed by atoms with Crippen LogP contribution in [0.5, 0.6) is 11.5 Å². The highest BCUT2D eigenvalue weighted by Gasteiger charge is 2.12. The summed E-state index contributed by atoms with van der Waals surface area (Å²) in [6.45, 7) is 4.63. The molecule has 0 aliphatic carbocycles. The number of nitrogens with zero attached hydrogens (tertiary/aromatic N) is 3. The molecule has 3 aromatic carbocycles. The van der Waals surface area contributed by atoms with Crippen LogP contribution in [-0.4, -0.2) is 22.5 Å². The van der Waals surface area contributed by atoms with Gasteiger partial charge in [-0.25, -0.2) is 9.37 Å². The molecule has 0 fully saturated rings. The zero-order valence-electron chi connectivity index (χ0n) is 20.2. The fraction of sp³-hybridized carbons (Fsp3) is 0.250. The van der Waals surface area contributed by atoms with Crippen LogP contribution in [0.4, 0.5) is 4.39 Å². The third kappa shape index (κ3) is 6.18. The number of hydrogen-bond donors (Lipinski definition) is 0. The maximum absolute atomic E-state index is 13.5. The summed E-state index contributed by atoms with van der Waals surface area (Å²) in [7, 11) is 0. The number of unbranched alkanes of at least 4 members (excludes halogenated alkanes) is 1. The van der Waals surface area contributed by atoms with Crippen LogP contribution in [0.1, 0.15) is 43.6 Å². The lowest BCUT2D eigenvalue weighted by Gasteiger charge is -2.13. The van der Waals surface area contributed by atoms with Crippen molar-refractivity contribution in [2.45, 2.75) is 39.7 Å². The van der Waals surface area contributed by atoms with Gasteiger partial charge >= 0.3 is 0 Å². The Labute approximate surface area is 217 Å². The number of halogens is 2. The van der Waals surface area contributed by atoms with Crippen LogP contribution in [-0.2, 0) is 13.0 Å². The van der Waals surface area contributed by atoms with Crippen molar-refractivity contribution in [3.63, 3.8) is 0 Å². The van der Waals surface area contributed by atoms with E-state index >= 15 is 0 Å². The van der Waals surface area contributed by atoms with Gasteiger partial charge in [0.2, 0.25) is 0 Å². The third-order valence-electron chi connectivity index (χ3n) is 5.50. The summed E-state index contributed by atoms with van der Waals surface area (Å²) in [5, 5.41) is 5.00. The highest BCUT2D eigenvalue weighted by molar-refractivity contribution is 9.10. The summed E-state index contributed by atoms with van der Waals surface area (Å²) in [6.07, 6.45) is 4.13. The van der Waals surface area contributed by atoms with E-state index in [1.807, 2.05) is 25.1 Å². The Morgan fingerprint density at radius 2 is 1.92 bits per heavy atom. The van der Waals surface area contributed by atoms with Crippen LogP contribution < -0.4 is 15.0 Å². The van der Waals surface area contributed by atoms with Gasteiger partial charge in [0.15, 0.2) is 11.5 Å². The SMILES string of the molecule is CCCCc1nc2ccc(Br)cc2c(=O)n1N=Cc1ccc(OCc2cccc(F)c2)c(OCC)c1. The van der Waals surface area contributed by atoms with E-state index in [1.165, 1.54) is 16.8 Å². The quantitative estimate of drug-likeness (QED) is 0.211. The first kappa shape index (κ1) is 25.6. The largest absolute Gasteiger partial charge is 0.490 e. The number of benzene rings is 3. The average molecular weight is 552 g/mol. The smallest absolute Gasteiger partial charge is 0.282 e. The van der Waals surface area contributed by atoms with E-state index in [4.69, 9.17) is 14.5 Å². The van der Waals surface area contributed by atoms with Crippen LogP contribution >= 0.6 is 15.9 Å². The van der Waals surface area contributed by atoms with Gasteiger partial charge in [0.1, 0.15) is 18.2 Å². The highest BCUT2D eigenvalue weighted by Crippen LogP contribution is 2.29. The Bertz CT molecular complexity index is 1450. The van der Waals surface area contributed by atoms with E-state index in [0.29, 0.717) is 41.3 Å². The predicted octanol–water partition coefficient (Wildman–Crippen LogP) is 6.50. The molecule has 186 valence electrons. The first-order valence-electron chi connectivity index (χ1n) is 11.9. The van der Waals surface area contributed by atoms with Crippen LogP contribution in [0.2, 0.25) is 0 Å². The molecule has 0 saturated carbocycles. The molecule has 0 radical (unpaired) electrons. The molecule has 0 unspecified atom stereocenters. The second-order valence-corrected chi connectivity index (χ2v) is 9.13. The molecule has 6 nitrogen and oxygen atoms in total. The van der Waals surface area contributed by atoms with E-state index in [2.05, 4.69) is 28.0 Å². The number of aryl methyl sites for hydroxylation is 1. The van der Waals surface area contributed by atoms with Crippen molar-refractivity contribution in [2.24, 2.45) is 5.10 Å². The highest BCUT2D eigenvalue weighted by atomic mass is 79.9. The van der Waals surface area contributed by atoms with Crippen LogP contribution in [0.3, 0.4) is 0 Å². The molecule has 1 aromatic heterocycles. The molecule has 0 amide bonds. The lowest BCUT2D eigenvalue weighted by Crippen LogP contribution is -2.22. The topological polar surface area (TPSA) is 65.7 Å². The minimum atomic E-state index is -0.309. The maximum atomic E-state index is 13.5. The summed E-state index contributed by atoms with van der Waals surface area (Å²) in [5.74, 6) is 1.39. The molecular formula is C28H27BrFN3O3. The van der Waals surface area contributed by atoms with Crippen LogP contribution in [0.25, 0.3) is 10.9 Å². The van der Waals surface area contributed by atoms with Crippen molar-refractivity contribution in [1.82, 2.24) is 9.66 Å². The Morgan fingerprint density at radius 1 is 1.06 bits per heavy atom. The minimum absolute atomic E-state index is 0.208. The second-order valence-electron chi connectivity index (χ2n) is 8.21. The molecule has 0 aliphatic heterocycles. The second kappa shape index (κ2) is 11.9. The summed E-state index contributed by atoms with van der Waals surface area (Å²) in [4.78, 5) is 18.0. The molecular weight excluding hydrogens is 525 g/mol. The van der Waals surface area contributed by atoms with Crippen molar-refractivity contribution in [3.8, 4) is 11.5 Å². The van der Waals surface area contributed by atoms with E-state index in [1.54, 1.807) is 36.5 Å². The zero-order valence-corrected chi connectivity index (χ0v) is 21.8. The number of ether oxygens (including phenoxy) is 2. The monoisotopic (exact) mass is 551 g/mol. The third-order valence-corrected chi connectivity index (χ3v) is 6.00. The lowest BCUT2D eigenvalue weighted by atomic mass is 10.2. The fourth-order valence-corrected chi connectivity index (χ4v) is 4.08. The molecule has 36 heavy (non-hydrogen) atoms. The van der Waals surface area contributed by atoms with Crippen molar-refractivity contribution < 1.29 is 13.9 Å². The van der Waals surface area contributed by atoms with Crippen molar-refractivity contribution >= 4 is 33.0 Å². The molecule has 1 heterocycles. The Hall–Kier alpha value is -3.52. The van der Waals surface area contributed by atoms with Gasteiger partial charge in [-0.05, 0) is 73.0 Å². The van der Waals surface area contributed by atoms with Gasteiger partial charge in [-0.15, -0.1) is 0 Å². The summed E-state index contributed by atoms with van der Waals surface area (Å²) < 4.78 is 27.3. The van der Waals surface area contributed by atoms with Crippen molar-refractivity contribution in [3.05, 3.63) is 98.3 Å². The Morgan fingerprint density at radius 3 is 2.69 bits per heavy atom. The van der Waals surface area contributed by atoms with E-state index in [0.717, 1.165) is 28.4 Å². The molecule has 0 saturated heterocycles. The molecule has 8 heteroatoms. The molecule has 4 aromatic rings. The first-order valence-corrected chi connectivity index (χ1v) is 12.7. The normalized spacial score (nSPS) is 11.3. The Kier molecular flexibility index (Phi) is 8.48. The van der Waals surface area contributed by atoms with Gasteiger partial charge in [-0.3, -0.25) is 4.79 Å². The van der Waals surface area contributed by atoms with E-state index in [-0.39, 0.29) is 18.0 Å². The number of hydrogen-bond acceptors (Lipinski definition) is 5. The van der Waals surface area contributed by atoms with Gasteiger partial charge in [0, 0.05) is 10.9 Å². The van der Waals surface area contributed by atoms with Gasteiger partial charge in [0.05, 0.1) is 23.7 Å². The average Bonchev–Trinajstić information content (AvgIpc) is 2.87. The van der Waals surface area contributed by atoms with E-state index in [9.17, 15) is 9.18 Å². The number of rotatable bonds is 10. The van der Waals surface area contributed by atoms with Gasteiger partial charge in [0.25, 0.3) is 5.56 Å². The summed E-state index contributed by atoms with van der Waals surface area (Å²) >= 11 is 3.43. The van der Waals surface area contributed by atoms with Crippen molar-refractivity contribution in [1.29, 1.82) is 0 Å². The van der Waals surface area contributed by atoms with Crippen LogP contribution in [0, 0.1) is 5.82 Å². The number of aromatic nitrogens is 2. The first-order chi connectivity index (χ1) is 17.5. The van der Waals surface area contributed by atoms with Gasteiger partial charge < -0.3 is 9.47 Å². The maximum Gasteiger partial charge on any atom is 0.282 e. The summed E-state index contributed by atoms with van der Waals surface area (Å²) in [5.41, 5.74) is 1.89. The lowest BCUT2D eigenvalue weighted by molar-refractivity contribution is 0.269. The fourth-order valence-electron chi connectivity index (χ4n) is 3.72. The predicted molar refractivity (Wildman–Crippen MR) is 144 cm³/mol. The summed E-state index contributed by atoms with van der Waals surface area (Å²) in [6, 6.07) is 17.2. The molecule has 0 aliphatic rings. The number of fused-ring (bicyclic) bond motifs is 1. The Balaban J connectivity index is 1.64. The molecule has 0 N–H and O–H groups in total. The molecule has 0 spiro atoms. The molecule has 0 bridgehead atoms. The van der Waals surface area contributed by atoms with Crippen molar-refractivity contribution in [2.75, 3.05) is 6.61 Å². The minimum Gasteiger partial charge on any atom is -0.490 e. The zero-order chi connectivity index (χ0) is 25.5. The standard InChI is InChI=1S/C28H27BrFN3O3/c1-3-5-9-27-32-24-12-11-21(29)16-23(24)28(34)33(27)31-17-19-10-13-25(26(15-19)35-4-2)36-18-20-7-6-8-22(30)14-20/h6-8,10-17H,3-5,9,18H2,1-2H3. The molecule has 0 atom stereocenters. The van der Waals surface area contributed by atoms with Crippen LogP contribution in [0.15, 0.2) is 75.0 Å². The van der Waals surface area contributed by atoms with Gasteiger partial charge in [-0.1, -0.05) is 41.4 Å².